The van der Waals surface area contributed by atoms with Gasteiger partial charge in [-0.15, -0.1) is 0 Å². The van der Waals surface area contributed by atoms with Gasteiger partial charge in [0.05, 0.1) is 35.4 Å². The normalized spacial score (nSPS) is 10.3. The molecular formula is C20H18N2O3. The van der Waals surface area contributed by atoms with Crippen LogP contribution in [0.3, 0.4) is 0 Å². The Balaban J connectivity index is 1.81. The highest BCUT2D eigenvalue weighted by Gasteiger charge is 2.09. The summed E-state index contributed by atoms with van der Waals surface area (Å²) < 4.78 is 5.51. The number of anilines is 2. The van der Waals surface area contributed by atoms with Crippen molar-refractivity contribution in [2.45, 2.75) is 6.92 Å². The average Bonchev–Trinajstić information content (AvgIpc) is 2.63. The summed E-state index contributed by atoms with van der Waals surface area (Å²) in [6.45, 7) is 2.56. The number of hydrogen-bond donors (Lipinski definition) is 2. The quantitative estimate of drug-likeness (QED) is 0.690. The van der Waals surface area contributed by atoms with Gasteiger partial charge in [0.25, 0.3) is 0 Å². The summed E-state index contributed by atoms with van der Waals surface area (Å²) in [5.74, 6) is -0.167. The Morgan fingerprint density at radius 3 is 2.68 bits per heavy atom. The van der Waals surface area contributed by atoms with E-state index in [1.165, 1.54) is 0 Å². The molecule has 5 heteroatoms. The number of aromatic carboxylic acids is 1. The number of carbonyl (C=O) groups is 1. The first-order chi connectivity index (χ1) is 12.2. The Bertz CT molecular complexity index is 876. The molecule has 0 aliphatic rings. The van der Waals surface area contributed by atoms with E-state index in [0.717, 1.165) is 22.7 Å². The highest BCUT2D eigenvalue weighted by atomic mass is 16.5. The van der Waals surface area contributed by atoms with Crippen molar-refractivity contribution in [3.8, 4) is 17.0 Å². The minimum atomic E-state index is -0.972. The van der Waals surface area contributed by atoms with Gasteiger partial charge in [-0.3, -0.25) is 4.98 Å². The largest absolute Gasteiger partial charge is 0.494 e. The molecule has 0 unspecified atom stereocenters. The molecule has 2 N–H and O–H groups in total. The maximum atomic E-state index is 11.3. The minimum absolute atomic E-state index is 0.219. The summed E-state index contributed by atoms with van der Waals surface area (Å²) in [6.07, 6.45) is 1.68. The number of aromatic nitrogens is 1. The van der Waals surface area contributed by atoms with Crippen molar-refractivity contribution in [2.75, 3.05) is 11.9 Å². The van der Waals surface area contributed by atoms with E-state index in [2.05, 4.69) is 10.3 Å². The average molecular weight is 334 g/mol. The van der Waals surface area contributed by atoms with Crippen LogP contribution in [0.2, 0.25) is 0 Å². The molecule has 5 nitrogen and oxygen atoms in total. The predicted octanol–water partition coefficient (Wildman–Crippen LogP) is 4.59. The molecule has 0 fully saturated rings. The lowest BCUT2D eigenvalue weighted by molar-refractivity contribution is 0.0698. The lowest BCUT2D eigenvalue weighted by Crippen LogP contribution is -2.02. The molecule has 0 aliphatic carbocycles. The summed E-state index contributed by atoms with van der Waals surface area (Å²) in [6, 6.07) is 18.3. The predicted molar refractivity (Wildman–Crippen MR) is 97.5 cm³/mol. The van der Waals surface area contributed by atoms with Gasteiger partial charge in [0.15, 0.2) is 0 Å². The fourth-order valence-corrected chi connectivity index (χ4v) is 2.48. The molecule has 0 saturated carbocycles. The molecule has 0 amide bonds. The SMILES string of the molecule is CCOc1cccc(-c2ccc(Nc3ccccc3C(=O)O)cn2)c1. The summed E-state index contributed by atoms with van der Waals surface area (Å²) in [5, 5.41) is 12.3. The second-order valence-corrected chi connectivity index (χ2v) is 5.37. The molecule has 3 rings (SSSR count). The van der Waals surface area contributed by atoms with E-state index in [1.807, 2.05) is 43.3 Å². The van der Waals surface area contributed by atoms with E-state index in [1.54, 1.807) is 30.5 Å². The van der Waals surface area contributed by atoms with Crippen LogP contribution in [0.5, 0.6) is 5.75 Å². The van der Waals surface area contributed by atoms with Crippen LogP contribution in [0.4, 0.5) is 11.4 Å². The third-order valence-corrected chi connectivity index (χ3v) is 3.64. The Kier molecular flexibility index (Phi) is 4.95. The number of ether oxygens (including phenoxy) is 1. The number of pyridine rings is 1. The molecule has 0 aliphatic heterocycles. The first kappa shape index (κ1) is 16.5. The van der Waals surface area contributed by atoms with E-state index in [0.29, 0.717) is 12.3 Å². The van der Waals surface area contributed by atoms with Gasteiger partial charge in [-0.25, -0.2) is 4.79 Å². The fraction of sp³-hybridized carbons (Fsp3) is 0.100. The zero-order valence-corrected chi connectivity index (χ0v) is 13.8. The lowest BCUT2D eigenvalue weighted by Gasteiger charge is -2.10. The maximum absolute atomic E-state index is 11.3. The van der Waals surface area contributed by atoms with Gasteiger partial charge in [-0.05, 0) is 43.3 Å². The standard InChI is InChI=1S/C20H18N2O3/c1-2-25-16-7-5-6-14(12-16)18-11-10-15(13-21-18)22-19-9-4-3-8-17(19)20(23)24/h3-13,22H,2H2,1H3,(H,23,24). The van der Waals surface area contributed by atoms with Crippen LogP contribution >= 0.6 is 0 Å². The molecule has 25 heavy (non-hydrogen) atoms. The molecule has 0 spiro atoms. The maximum Gasteiger partial charge on any atom is 0.337 e. The minimum Gasteiger partial charge on any atom is -0.494 e. The molecule has 2 aromatic carbocycles. The van der Waals surface area contributed by atoms with Crippen LogP contribution in [0, 0.1) is 0 Å². The first-order valence-electron chi connectivity index (χ1n) is 7.96. The molecule has 0 saturated heterocycles. The van der Waals surface area contributed by atoms with Crippen LogP contribution < -0.4 is 10.1 Å². The van der Waals surface area contributed by atoms with E-state index in [4.69, 9.17) is 4.74 Å². The lowest BCUT2D eigenvalue weighted by atomic mass is 10.1. The van der Waals surface area contributed by atoms with Crippen molar-refractivity contribution in [2.24, 2.45) is 0 Å². The van der Waals surface area contributed by atoms with Crippen molar-refractivity contribution in [3.63, 3.8) is 0 Å². The number of nitrogens with zero attached hydrogens (tertiary/aromatic N) is 1. The van der Waals surface area contributed by atoms with Gasteiger partial charge in [0.2, 0.25) is 0 Å². The van der Waals surface area contributed by atoms with E-state index < -0.39 is 5.97 Å². The van der Waals surface area contributed by atoms with Gasteiger partial charge in [-0.2, -0.15) is 0 Å². The van der Waals surface area contributed by atoms with Gasteiger partial charge >= 0.3 is 5.97 Å². The van der Waals surface area contributed by atoms with E-state index in [-0.39, 0.29) is 5.56 Å². The van der Waals surface area contributed by atoms with Crippen molar-refractivity contribution in [1.29, 1.82) is 0 Å². The Morgan fingerprint density at radius 1 is 1.12 bits per heavy atom. The number of rotatable bonds is 6. The van der Waals surface area contributed by atoms with Gasteiger partial charge in [-0.1, -0.05) is 24.3 Å². The summed E-state index contributed by atoms with van der Waals surface area (Å²) >= 11 is 0. The Morgan fingerprint density at radius 2 is 1.96 bits per heavy atom. The van der Waals surface area contributed by atoms with Crippen molar-refractivity contribution < 1.29 is 14.6 Å². The van der Waals surface area contributed by atoms with Crippen LogP contribution in [-0.4, -0.2) is 22.7 Å². The Labute approximate surface area is 145 Å². The molecular weight excluding hydrogens is 316 g/mol. The number of hydrogen-bond acceptors (Lipinski definition) is 4. The molecule has 0 radical (unpaired) electrons. The van der Waals surface area contributed by atoms with E-state index in [9.17, 15) is 9.90 Å². The Hall–Kier alpha value is -3.34. The topological polar surface area (TPSA) is 71.5 Å². The zero-order chi connectivity index (χ0) is 17.6. The van der Waals surface area contributed by atoms with Gasteiger partial charge < -0.3 is 15.2 Å². The highest BCUT2D eigenvalue weighted by molar-refractivity contribution is 5.95. The van der Waals surface area contributed by atoms with Crippen molar-refractivity contribution in [1.82, 2.24) is 4.98 Å². The van der Waals surface area contributed by atoms with Crippen molar-refractivity contribution in [3.05, 3.63) is 72.4 Å². The zero-order valence-electron chi connectivity index (χ0n) is 13.8. The fourth-order valence-electron chi connectivity index (χ4n) is 2.48. The first-order valence-corrected chi connectivity index (χ1v) is 7.96. The molecule has 126 valence electrons. The summed E-state index contributed by atoms with van der Waals surface area (Å²) in [5.41, 5.74) is 3.25. The number of carboxylic acid groups (broad SMARTS) is 1. The molecule has 0 bridgehead atoms. The third-order valence-electron chi connectivity index (χ3n) is 3.64. The monoisotopic (exact) mass is 334 g/mol. The summed E-state index contributed by atoms with van der Waals surface area (Å²) in [7, 11) is 0. The molecule has 0 atom stereocenters. The number of para-hydroxylation sites is 1. The van der Waals surface area contributed by atoms with Gasteiger partial charge in [0.1, 0.15) is 5.75 Å². The van der Waals surface area contributed by atoms with E-state index >= 15 is 0 Å². The third kappa shape index (κ3) is 3.95. The second-order valence-electron chi connectivity index (χ2n) is 5.37. The number of nitrogens with one attached hydrogen (secondary N) is 1. The van der Waals surface area contributed by atoms with Crippen molar-refractivity contribution >= 4 is 17.3 Å². The van der Waals surface area contributed by atoms with Crippen LogP contribution in [0.1, 0.15) is 17.3 Å². The highest BCUT2D eigenvalue weighted by Crippen LogP contribution is 2.25. The van der Waals surface area contributed by atoms with Crippen LogP contribution in [-0.2, 0) is 0 Å². The number of benzene rings is 2. The molecule has 1 aromatic heterocycles. The molecule has 3 aromatic rings. The summed E-state index contributed by atoms with van der Waals surface area (Å²) in [4.78, 5) is 15.7. The second kappa shape index (κ2) is 7.49. The van der Waals surface area contributed by atoms with Crippen LogP contribution in [0.15, 0.2) is 66.9 Å². The molecule has 1 heterocycles. The number of carboxylic acids is 1. The van der Waals surface area contributed by atoms with Crippen LogP contribution in [0.25, 0.3) is 11.3 Å². The van der Waals surface area contributed by atoms with Gasteiger partial charge in [0, 0.05) is 5.56 Å². The smallest absolute Gasteiger partial charge is 0.337 e.